The van der Waals surface area contributed by atoms with Gasteiger partial charge in [0.2, 0.25) is 5.91 Å². The molecule has 1 fully saturated rings. The molecule has 27 heavy (non-hydrogen) atoms. The summed E-state index contributed by atoms with van der Waals surface area (Å²) in [6.07, 6.45) is 0.248. The minimum atomic E-state index is -0.368. The van der Waals surface area contributed by atoms with E-state index in [0.29, 0.717) is 30.3 Å². The van der Waals surface area contributed by atoms with Gasteiger partial charge in [-0.15, -0.1) is 0 Å². The summed E-state index contributed by atoms with van der Waals surface area (Å²) in [5, 5.41) is 5.64. The number of carbonyl (C=O) groups is 2. The lowest BCUT2D eigenvalue weighted by molar-refractivity contribution is -0.117. The van der Waals surface area contributed by atoms with Crippen molar-refractivity contribution in [2.24, 2.45) is 0 Å². The van der Waals surface area contributed by atoms with Crippen molar-refractivity contribution < 1.29 is 19.1 Å². The van der Waals surface area contributed by atoms with Gasteiger partial charge in [-0.2, -0.15) is 0 Å². The van der Waals surface area contributed by atoms with Gasteiger partial charge in [-0.05, 0) is 31.2 Å². The molecule has 2 N–H and O–H groups in total. The van der Waals surface area contributed by atoms with E-state index in [9.17, 15) is 9.59 Å². The van der Waals surface area contributed by atoms with Crippen LogP contribution in [0.15, 0.2) is 48.5 Å². The maximum atomic E-state index is 12.4. The van der Waals surface area contributed by atoms with Crippen LogP contribution in [0.1, 0.15) is 13.3 Å². The van der Waals surface area contributed by atoms with Gasteiger partial charge in [0.25, 0.3) is 0 Å². The Morgan fingerprint density at radius 1 is 1.22 bits per heavy atom. The van der Waals surface area contributed by atoms with Gasteiger partial charge in [-0.3, -0.25) is 4.79 Å². The number of anilines is 2. The summed E-state index contributed by atoms with van der Waals surface area (Å²) in [6.45, 7) is 2.80. The fourth-order valence-electron chi connectivity index (χ4n) is 3.03. The average Bonchev–Trinajstić information content (AvgIpc) is 3.03. The zero-order chi connectivity index (χ0) is 19.2. The first kappa shape index (κ1) is 18.6. The number of ether oxygens (including phenoxy) is 2. The minimum Gasteiger partial charge on any atom is -0.497 e. The second-order valence-corrected chi connectivity index (χ2v) is 6.13. The number of carbonyl (C=O) groups excluding carboxylic acids is 2. The smallest absolute Gasteiger partial charge is 0.319 e. The third kappa shape index (κ3) is 4.49. The predicted molar refractivity (Wildman–Crippen MR) is 104 cm³/mol. The number of nitrogens with one attached hydrogen (secondary N) is 2. The van der Waals surface area contributed by atoms with Crippen molar-refractivity contribution in [3.63, 3.8) is 0 Å². The predicted octanol–water partition coefficient (Wildman–Crippen LogP) is 3.02. The van der Waals surface area contributed by atoms with Crippen LogP contribution < -0.4 is 25.0 Å². The molecule has 1 atom stereocenters. The van der Waals surface area contributed by atoms with Crippen molar-refractivity contribution in [1.82, 2.24) is 5.32 Å². The molecule has 7 heteroatoms. The Morgan fingerprint density at radius 2 is 2.04 bits per heavy atom. The van der Waals surface area contributed by atoms with Gasteiger partial charge in [-0.1, -0.05) is 18.2 Å². The van der Waals surface area contributed by atoms with Gasteiger partial charge in [-0.25, -0.2) is 4.79 Å². The number of nitrogens with zero attached hydrogens (tertiary/aromatic N) is 1. The number of methoxy groups -OCH3 is 1. The molecule has 2 aromatic rings. The van der Waals surface area contributed by atoms with E-state index in [1.165, 1.54) is 0 Å². The first-order chi connectivity index (χ1) is 13.1. The first-order valence-electron chi connectivity index (χ1n) is 8.84. The van der Waals surface area contributed by atoms with E-state index in [0.717, 1.165) is 5.69 Å². The van der Waals surface area contributed by atoms with Crippen molar-refractivity contribution in [2.75, 3.05) is 30.5 Å². The maximum Gasteiger partial charge on any atom is 0.319 e. The lowest BCUT2D eigenvalue weighted by atomic mass is 10.2. The van der Waals surface area contributed by atoms with E-state index in [1.807, 2.05) is 37.3 Å². The van der Waals surface area contributed by atoms with Gasteiger partial charge in [0.15, 0.2) is 0 Å². The highest BCUT2D eigenvalue weighted by Crippen LogP contribution is 2.26. The molecule has 0 spiro atoms. The third-order valence-corrected chi connectivity index (χ3v) is 4.26. The number of rotatable bonds is 6. The lowest BCUT2D eigenvalue weighted by Gasteiger charge is -2.18. The second kappa shape index (κ2) is 8.44. The van der Waals surface area contributed by atoms with E-state index in [-0.39, 0.29) is 24.4 Å². The molecule has 3 rings (SSSR count). The Hall–Kier alpha value is -3.22. The Bertz CT molecular complexity index is 824. The van der Waals surface area contributed by atoms with E-state index >= 15 is 0 Å². The Labute approximate surface area is 158 Å². The van der Waals surface area contributed by atoms with Gasteiger partial charge < -0.3 is 25.0 Å². The topological polar surface area (TPSA) is 79.9 Å². The van der Waals surface area contributed by atoms with Gasteiger partial charge >= 0.3 is 6.03 Å². The van der Waals surface area contributed by atoms with E-state index in [2.05, 4.69) is 10.6 Å². The molecular formula is C20H23N3O4. The van der Waals surface area contributed by atoms with Gasteiger partial charge in [0.1, 0.15) is 11.5 Å². The summed E-state index contributed by atoms with van der Waals surface area (Å²) < 4.78 is 10.7. The molecule has 0 aromatic heterocycles. The molecule has 1 aliphatic heterocycles. The van der Waals surface area contributed by atoms with Crippen LogP contribution in [0.3, 0.4) is 0 Å². The van der Waals surface area contributed by atoms with Crippen LogP contribution in [0.25, 0.3) is 0 Å². The van der Waals surface area contributed by atoms with Crippen molar-refractivity contribution in [3.05, 3.63) is 48.5 Å². The fraction of sp³-hybridized carbons (Fsp3) is 0.300. The number of benzene rings is 2. The van der Waals surface area contributed by atoms with Crippen molar-refractivity contribution in [3.8, 4) is 11.5 Å². The molecule has 3 amide bonds. The highest BCUT2D eigenvalue weighted by molar-refractivity contribution is 5.98. The quantitative estimate of drug-likeness (QED) is 0.820. The number of para-hydroxylation sites is 2. The fourth-order valence-corrected chi connectivity index (χ4v) is 3.03. The number of urea groups is 1. The van der Waals surface area contributed by atoms with Crippen LogP contribution in [0.5, 0.6) is 11.5 Å². The molecule has 7 nitrogen and oxygen atoms in total. The van der Waals surface area contributed by atoms with Crippen molar-refractivity contribution in [1.29, 1.82) is 0 Å². The Kier molecular flexibility index (Phi) is 5.80. The summed E-state index contributed by atoms with van der Waals surface area (Å²) in [5.74, 6) is 1.25. The van der Waals surface area contributed by atoms with E-state index in [4.69, 9.17) is 9.47 Å². The summed E-state index contributed by atoms with van der Waals surface area (Å²) in [7, 11) is 1.58. The highest BCUT2D eigenvalue weighted by Gasteiger charge is 2.31. The Morgan fingerprint density at radius 3 is 2.81 bits per heavy atom. The van der Waals surface area contributed by atoms with Crippen LogP contribution in [0, 0.1) is 0 Å². The number of hydrogen-bond donors (Lipinski definition) is 2. The zero-order valence-electron chi connectivity index (χ0n) is 15.4. The average molecular weight is 369 g/mol. The van der Waals surface area contributed by atoms with Crippen molar-refractivity contribution in [2.45, 2.75) is 19.4 Å². The van der Waals surface area contributed by atoms with Crippen molar-refractivity contribution >= 4 is 23.3 Å². The molecule has 1 aliphatic rings. The third-order valence-electron chi connectivity index (χ3n) is 4.26. The summed E-state index contributed by atoms with van der Waals surface area (Å²) in [4.78, 5) is 26.4. The molecule has 0 aliphatic carbocycles. The van der Waals surface area contributed by atoms with Crippen LogP contribution in [0.4, 0.5) is 16.2 Å². The maximum absolute atomic E-state index is 12.4. The van der Waals surface area contributed by atoms with Crippen LogP contribution in [-0.4, -0.2) is 38.2 Å². The normalized spacial score (nSPS) is 16.1. The minimum absolute atomic E-state index is 0.0386. The molecule has 0 bridgehead atoms. The summed E-state index contributed by atoms with van der Waals surface area (Å²) in [6, 6.07) is 13.9. The zero-order valence-corrected chi connectivity index (χ0v) is 15.4. The molecule has 0 radical (unpaired) electrons. The van der Waals surface area contributed by atoms with Crippen LogP contribution >= 0.6 is 0 Å². The summed E-state index contributed by atoms with van der Waals surface area (Å²) >= 11 is 0. The molecule has 0 saturated carbocycles. The first-order valence-corrected chi connectivity index (χ1v) is 8.84. The SMILES string of the molecule is CCOc1ccccc1NC(=O)N[C@@H]1CC(=O)N(c2cccc(OC)c2)C1. The molecular weight excluding hydrogens is 346 g/mol. The molecule has 2 aromatic carbocycles. The molecule has 1 saturated heterocycles. The van der Waals surface area contributed by atoms with Crippen LogP contribution in [0.2, 0.25) is 0 Å². The largest absolute Gasteiger partial charge is 0.497 e. The van der Waals surface area contributed by atoms with E-state index in [1.54, 1.807) is 30.2 Å². The lowest BCUT2D eigenvalue weighted by Crippen LogP contribution is -2.39. The monoisotopic (exact) mass is 369 g/mol. The highest BCUT2D eigenvalue weighted by atomic mass is 16.5. The van der Waals surface area contributed by atoms with Crippen LogP contribution in [-0.2, 0) is 4.79 Å². The standard InChI is InChI=1S/C20H23N3O4/c1-3-27-18-10-5-4-9-17(18)22-20(25)21-14-11-19(24)23(13-14)15-7-6-8-16(12-15)26-2/h4-10,12,14H,3,11,13H2,1-2H3,(H2,21,22,25)/t14-/m1/s1. The Balaban J connectivity index is 1.62. The number of amides is 3. The van der Waals surface area contributed by atoms with E-state index < -0.39 is 0 Å². The van der Waals surface area contributed by atoms with Gasteiger partial charge in [0.05, 0.1) is 25.4 Å². The van der Waals surface area contributed by atoms with Gasteiger partial charge in [0, 0.05) is 24.7 Å². The summed E-state index contributed by atoms with van der Waals surface area (Å²) in [5.41, 5.74) is 1.34. The molecule has 0 unspecified atom stereocenters. The second-order valence-electron chi connectivity index (χ2n) is 6.13. The molecule has 1 heterocycles. The molecule has 142 valence electrons. The number of hydrogen-bond acceptors (Lipinski definition) is 4.